The average molecular weight is 450 g/mol. The number of halogens is 2. The number of carbonyl (C=O) groups is 1. The third kappa shape index (κ3) is 4.36. The molecule has 0 radical (unpaired) electrons. The smallest absolute Gasteiger partial charge is 0.282 e. The molecule has 7 nitrogen and oxygen atoms in total. The summed E-state index contributed by atoms with van der Waals surface area (Å²) >= 11 is 3.16. The topological polar surface area (TPSA) is 70.2 Å². The maximum absolute atomic E-state index is 13.7. The van der Waals surface area contributed by atoms with Gasteiger partial charge in [0.15, 0.2) is 18.2 Å². The normalized spacial score (nSPS) is 19.7. The van der Waals surface area contributed by atoms with Gasteiger partial charge in [0.2, 0.25) is 0 Å². The Labute approximate surface area is 161 Å². The molecule has 2 heterocycles. The van der Waals surface area contributed by atoms with E-state index in [4.69, 9.17) is 4.74 Å². The van der Waals surface area contributed by atoms with E-state index in [0.29, 0.717) is 30.7 Å². The van der Waals surface area contributed by atoms with Crippen LogP contribution in [0.5, 0.6) is 5.75 Å². The zero-order valence-corrected chi connectivity index (χ0v) is 16.6. The van der Waals surface area contributed by atoms with Crippen molar-refractivity contribution in [3.8, 4) is 5.75 Å². The second-order valence-corrected chi connectivity index (χ2v) is 9.10. The van der Waals surface area contributed by atoms with Crippen molar-refractivity contribution in [2.75, 3.05) is 45.9 Å². The summed E-state index contributed by atoms with van der Waals surface area (Å²) in [4.78, 5) is 13.8. The van der Waals surface area contributed by atoms with E-state index in [-0.39, 0.29) is 31.4 Å². The number of nitrogens with zero attached hydrogens (tertiary/aromatic N) is 3. The molecule has 2 saturated heterocycles. The lowest BCUT2D eigenvalue weighted by atomic mass is 10.3. The van der Waals surface area contributed by atoms with Gasteiger partial charge < -0.3 is 9.64 Å². The second kappa shape index (κ2) is 8.20. The van der Waals surface area contributed by atoms with E-state index in [1.807, 2.05) is 0 Å². The van der Waals surface area contributed by atoms with Crippen molar-refractivity contribution in [1.29, 1.82) is 0 Å². The predicted octanol–water partition coefficient (Wildman–Crippen LogP) is 1.45. The molecule has 2 aliphatic rings. The summed E-state index contributed by atoms with van der Waals surface area (Å²) in [5.74, 6) is -0.823. The van der Waals surface area contributed by atoms with E-state index in [0.717, 1.165) is 12.8 Å². The molecule has 26 heavy (non-hydrogen) atoms. The largest absolute Gasteiger partial charge is 0.481 e. The fourth-order valence-electron chi connectivity index (χ4n) is 3.07. The fourth-order valence-corrected chi connectivity index (χ4v) is 5.08. The van der Waals surface area contributed by atoms with Crippen LogP contribution in [0.3, 0.4) is 0 Å². The maximum Gasteiger partial charge on any atom is 0.282 e. The van der Waals surface area contributed by atoms with Crippen LogP contribution in [0.15, 0.2) is 22.7 Å². The Morgan fingerprint density at radius 1 is 1.08 bits per heavy atom. The van der Waals surface area contributed by atoms with E-state index in [9.17, 15) is 17.6 Å². The van der Waals surface area contributed by atoms with Crippen molar-refractivity contribution >= 4 is 32.0 Å². The number of rotatable bonds is 5. The first kappa shape index (κ1) is 19.5. The summed E-state index contributed by atoms with van der Waals surface area (Å²) in [7, 11) is -3.43. The van der Waals surface area contributed by atoms with E-state index in [2.05, 4.69) is 15.9 Å². The zero-order chi connectivity index (χ0) is 18.7. The minimum Gasteiger partial charge on any atom is -0.481 e. The van der Waals surface area contributed by atoms with E-state index in [1.165, 1.54) is 20.7 Å². The zero-order valence-electron chi connectivity index (χ0n) is 14.2. The van der Waals surface area contributed by atoms with E-state index >= 15 is 0 Å². The highest BCUT2D eigenvalue weighted by Crippen LogP contribution is 2.22. The van der Waals surface area contributed by atoms with Crippen LogP contribution in [-0.4, -0.2) is 73.7 Å². The van der Waals surface area contributed by atoms with Crippen LogP contribution in [0.25, 0.3) is 0 Å². The van der Waals surface area contributed by atoms with Gasteiger partial charge in [0.1, 0.15) is 0 Å². The number of ether oxygens (including phenoxy) is 1. The van der Waals surface area contributed by atoms with Crippen molar-refractivity contribution in [2.24, 2.45) is 0 Å². The van der Waals surface area contributed by atoms with Gasteiger partial charge in [-0.05, 0) is 31.0 Å². The van der Waals surface area contributed by atoms with Gasteiger partial charge in [-0.15, -0.1) is 0 Å². The minimum absolute atomic E-state index is 0.0109. The Kier molecular flexibility index (Phi) is 6.16. The van der Waals surface area contributed by atoms with Gasteiger partial charge in [-0.1, -0.05) is 15.9 Å². The average Bonchev–Trinajstić information content (AvgIpc) is 3.16. The van der Waals surface area contributed by atoms with Crippen molar-refractivity contribution in [2.45, 2.75) is 12.8 Å². The SMILES string of the molecule is O=C(COc1ccc(Br)cc1F)N1CCN(S(=O)(=O)N2CCCC2)CC1. The van der Waals surface area contributed by atoms with Gasteiger partial charge in [0.05, 0.1) is 0 Å². The summed E-state index contributed by atoms with van der Waals surface area (Å²) < 4.78 is 47.5. The van der Waals surface area contributed by atoms with Gasteiger partial charge >= 0.3 is 0 Å². The van der Waals surface area contributed by atoms with Gasteiger partial charge in [-0.3, -0.25) is 4.79 Å². The number of benzene rings is 1. The Hall–Kier alpha value is -1.23. The third-order valence-electron chi connectivity index (χ3n) is 4.55. The molecule has 0 unspecified atom stereocenters. The van der Waals surface area contributed by atoms with Crippen molar-refractivity contribution in [3.05, 3.63) is 28.5 Å². The molecule has 1 aromatic carbocycles. The molecule has 2 aliphatic heterocycles. The van der Waals surface area contributed by atoms with Gasteiger partial charge in [0.25, 0.3) is 16.1 Å². The first-order chi connectivity index (χ1) is 12.4. The molecule has 10 heteroatoms. The van der Waals surface area contributed by atoms with Crippen molar-refractivity contribution in [3.63, 3.8) is 0 Å². The Morgan fingerprint density at radius 2 is 1.69 bits per heavy atom. The van der Waals surface area contributed by atoms with Gasteiger partial charge in [-0.25, -0.2) is 4.39 Å². The molecular formula is C16H21BrFN3O4S. The summed E-state index contributed by atoms with van der Waals surface area (Å²) in [5.41, 5.74) is 0. The van der Waals surface area contributed by atoms with Crippen LogP contribution in [-0.2, 0) is 15.0 Å². The lowest BCUT2D eigenvalue weighted by Crippen LogP contribution is -2.54. The maximum atomic E-state index is 13.7. The number of piperazine rings is 1. The number of hydrogen-bond acceptors (Lipinski definition) is 4. The van der Waals surface area contributed by atoms with Crippen LogP contribution < -0.4 is 4.74 Å². The molecule has 0 spiro atoms. The summed E-state index contributed by atoms with van der Waals surface area (Å²) in [6.07, 6.45) is 1.78. The van der Waals surface area contributed by atoms with E-state index < -0.39 is 16.0 Å². The van der Waals surface area contributed by atoms with Crippen LogP contribution in [0.4, 0.5) is 4.39 Å². The molecule has 0 bridgehead atoms. The van der Waals surface area contributed by atoms with Crippen LogP contribution >= 0.6 is 15.9 Å². The molecule has 1 aromatic rings. The lowest BCUT2D eigenvalue weighted by Gasteiger charge is -2.35. The second-order valence-electron chi connectivity index (χ2n) is 6.26. The molecule has 144 valence electrons. The van der Waals surface area contributed by atoms with Crippen LogP contribution in [0.2, 0.25) is 0 Å². The molecule has 0 aromatic heterocycles. The standard InChI is InChI=1S/C16H21BrFN3O4S/c17-13-3-4-15(14(18)11-13)25-12-16(22)19-7-9-21(10-8-19)26(23,24)20-5-1-2-6-20/h3-4,11H,1-2,5-10,12H2. The van der Waals surface area contributed by atoms with Crippen molar-refractivity contribution < 1.29 is 22.3 Å². The molecule has 0 N–H and O–H groups in total. The molecule has 2 fully saturated rings. The Morgan fingerprint density at radius 3 is 2.31 bits per heavy atom. The molecule has 0 saturated carbocycles. The summed E-state index contributed by atoms with van der Waals surface area (Å²) in [5, 5.41) is 0. The molecule has 0 atom stereocenters. The Balaban J connectivity index is 1.50. The highest BCUT2D eigenvalue weighted by atomic mass is 79.9. The summed E-state index contributed by atoms with van der Waals surface area (Å²) in [6.45, 7) is 1.98. The minimum atomic E-state index is -3.43. The predicted molar refractivity (Wildman–Crippen MR) is 97.5 cm³/mol. The molecule has 0 aliphatic carbocycles. The summed E-state index contributed by atoms with van der Waals surface area (Å²) in [6, 6.07) is 4.35. The first-order valence-corrected chi connectivity index (χ1v) is 10.7. The van der Waals surface area contributed by atoms with Crippen LogP contribution in [0.1, 0.15) is 12.8 Å². The van der Waals surface area contributed by atoms with Gasteiger partial charge in [-0.2, -0.15) is 17.0 Å². The quantitative estimate of drug-likeness (QED) is 0.681. The molecular weight excluding hydrogens is 429 g/mol. The van der Waals surface area contributed by atoms with Crippen LogP contribution in [0, 0.1) is 5.82 Å². The monoisotopic (exact) mass is 449 g/mol. The Bertz CT molecular complexity index is 763. The van der Waals surface area contributed by atoms with E-state index in [1.54, 1.807) is 11.0 Å². The first-order valence-electron chi connectivity index (χ1n) is 8.49. The number of amides is 1. The highest BCUT2D eigenvalue weighted by molar-refractivity contribution is 9.10. The van der Waals surface area contributed by atoms with Crippen molar-refractivity contribution in [1.82, 2.24) is 13.5 Å². The fraction of sp³-hybridized carbons (Fsp3) is 0.562. The third-order valence-corrected chi connectivity index (χ3v) is 7.08. The number of carbonyl (C=O) groups excluding carboxylic acids is 1. The lowest BCUT2D eigenvalue weighted by molar-refractivity contribution is -0.134. The molecule has 1 amide bonds. The number of hydrogen-bond donors (Lipinski definition) is 0. The highest BCUT2D eigenvalue weighted by Gasteiger charge is 2.34. The van der Waals surface area contributed by atoms with Gasteiger partial charge in [0, 0.05) is 43.7 Å². The molecule has 3 rings (SSSR count).